The quantitative estimate of drug-likeness (QED) is 0.913. The Balaban J connectivity index is 2.42. The highest BCUT2D eigenvalue weighted by molar-refractivity contribution is 6.32. The molecule has 1 atom stereocenters. The summed E-state index contributed by atoms with van der Waals surface area (Å²) >= 11 is 6.14. The topological polar surface area (TPSA) is 83.4 Å². The first-order valence-corrected chi connectivity index (χ1v) is 6.49. The second-order valence-corrected chi connectivity index (χ2v) is 4.57. The van der Waals surface area contributed by atoms with Crippen LogP contribution in [0.15, 0.2) is 16.7 Å². The summed E-state index contributed by atoms with van der Waals surface area (Å²) in [6.07, 6.45) is 0.717. The van der Waals surface area contributed by atoms with Gasteiger partial charge in [0.05, 0.1) is 25.3 Å². The van der Waals surface area contributed by atoms with Gasteiger partial charge in [0, 0.05) is 5.56 Å². The first-order valence-electron chi connectivity index (χ1n) is 6.11. The molecular formula is C13H16ClN3O3. The maximum Gasteiger partial charge on any atom is 0.243 e. The van der Waals surface area contributed by atoms with Crippen molar-refractivity contribution in [2.75, 3.05) is 14.2 Å². The van der Waals surface area contributed by atoms with Crippen LogP contribution in [0.3, 0.4) is 0 Å². The van der Waals surface area contributed by atoms with Gasteiger partial charge < -0.3 is 19.7 Å². The highest BCUT2D eigenvalue weighted by Gasteiger charge is 2.17. The van der Waals surface area contributed by atoms with E-state index < -0.39 is 0 Å². The Hall–Kier alpha value is -1.79. The fraction of sp³-hybridized carbons (Fsp3) is 0.385. The molecule has 2 N–H and O–H groups in total. The van der Waals surface area contributed by atoms with Crippen LogP contribution in [0.5, 0.6) is 11.5 Å². The molecule has 0 amide bonds. The van der Waals surface area contributed by atoms with E-state index in [2.05, 4.69) is 10.1 Å². The van der Waals surface area contributed by atoms with E-state index in [9.17, 15) is 0 Å². The number of ether oxygens (including phenoxy) is 2. The Morgan fingerprint density at radius 1 is 1.35 bits per heavy atom. The Labute approximate surface area is 121 Å². The molecule has 0 unspecified atom stereocenters. The number of hydrogen-bond acceptors (Lipinski definition) is 6. The number of nitrogens with zero attached hydrogens (tertiary/aromatic N) is 2. The van der Waals surface area contributed by atoms with Crippen molar-refractivity contribution in [2.24, 2.45) is 5.73 Å². The third-order valence-corrected chi connectivity index (χ3v) is 3.17. The lowest BCUT2D eigenvalue weighted by Gasteiger charge is -2.10. The molecule has 108 valence electrons. The maximum atomic E-state index is 6.14. The molecule has 0 saturated heterocycles. The Bertz CT molecular complexity index is 601. The van der Waals surface area contributed by atoms with Crippen LogP contribution in [0.1, 0.15) is 25.3 Å². The van der Waals surface area contributed by atoms with Gasteiger partial charge >= 0.3 is 0 Å². The first kappa shape index (κ1) is 14.6. The molecule has 0 radical (unpaired) electrons. The summed E-state index contributed by atoms with van der Waals surface area (Å²) < 4.78 is 15.6. The molecule has 0 aliphatic rings. The van der Waals surface area contributed by atoms with Crippen LogP contribution in [0.25, 0.3) is 11.4 Å². The molecule has 0 spiro atoms. The standard InChI is InChI=1S/C13H16ClN3O3/c1-4-9(15)13-16-12(17-20-13)7-5-8(14)11(19-3)10(6-7)18-2/h5-6,9H,4,15H2,1-3H3/t9-/m0/s1. The summed E-state index contributed by atoms with van der Waals surface area (Å²) in [7, 11) is 3.06. The molecule has 2 aromatic rings. The van der Waals surface area contributed by atoms with Crippen molar-refractivity contribution < 1.29 is 14.0 Å². The summed E-state index contributed by atoms with van der Waals surface area (Å²) in [4.78, 5) is 4.27. The second-order valence-electron chi connectivity index (χ2n) is 4.16. The van der Waals surface area contributed by atoms with Crippen LogP contribution in [0, 0.1) is 0 Å². The number of methoxy groups -OCH3 is 2. The molecule has 1 aromatic heterocycles. The number of rotatable bonds is 5. The number of benzene rings is 1. The normalized spacial score (nSPS) is 12.2. The van der Waals surface area contributed by atoms with Crippen LogP contribution < -0.4 is 15.2 Å². The summed E-state index contributed by atoms with van der Waals surface area (Å²) in [5, 5.41) is 4.32. The van der Waals surface area contributed by atoms with Crippen molar-refractivity contribution in [3.63, 3.8) is 0 Å². The van der Waals surface area contributed by atoms with E-state index in [1.54, 1.807) is 12.1 Å². The van der Waals surface area contributed by atoms with Crippen molar-refractivity contribution in [3.05, 3.63) is 23.0 Å². The molecular weight excluding hydrogens is 282 g/mol. The predicted molar refractivity (Wildman–Crippen MR) is 75.1 cm³/mol. The van der Waals surface area contributed by atoms with Gasteiger partial charge in [0.1, 0.15) is 0 Å². The van der Waals surface area contributed by atoms with E-state index in [0.29, 0.717) is 40.2 Å². The number of hydrogen-bond donors (Lipinski definition) is 1. The predicted octanol–water partition coefficient (Wildman–Crippen LogP) is 2.82. The number of halogens is 1. The van der Waals surface area contributed by atoms with Crippen molar-refractivity contribution in [1.29, 1.82) is 0 Å². The number of aromatic nitrogens is 2. The lowest BCUT2D eigenvalue weighted by atomic mass is 10.2. The molecule has 20 heavy (non-hydrogen) atoms. The fourth-order valence-electron chi connectivity index (χ4n) is 1.72. The molecule has 0 fully saturated rings. The van der Waals surface area contributed by atoms with Crippen LogP contribution >= 0.6 is 11.6 Å². The molecule has 7 heteroatoms. The average molecular weight is 298 g/mol. The minimum Gasteiger partial charge on any atom is -0.493 e. The van der Waals surface area contributed by atoms with Crippen LogP contribution in [-0.4, -0.2) is 24.4 Å². The minimum absolute atomic E-state index is 0.271. The van der Waals surface area contributed by atoms with E-state index in [4.69, 9.17) is 31.3 Å². The van der Waals surface area contributed by atoms with Crippen molar-refractivity contribution in [1.82, 2.24) is 10.1 Å². The molecule has 1 heterocycles. The zero-order chi connectivity index (χ0) is 14.7. The van der Waals surface area contributed by atoms with Gasteiger partial charge in [-0.15, -0.1) is 0 Å². The van der Waals surface area contributed by atoms with E-state index in [1.165, 1.54) is 14.2 Å². The SMILES string of the molecule is CC[C@H](N)c1nc(-c2cc(Cl)c(OC)c(OC)c2)no1. The van der Waals surface area contributed by atoms with E-state index >= 15 is 0 Å². The maximum absolute atomic E-state index is 6.14. The smallest absolute Gasteiger partial charge is 0.243 e. The third-order valence-electron chi connectivity index (χ3n) is 2.89. The lowest BCUT2D eigenvalue weighted by Crippen LogP contribution is -2.08. The zero-order valence-electron chi connectivity index (χ0n) is 11.5. The fourth-order valence-corrected chi connectivity index (χ4v) is 2.01. The minimum atomic E-state index is -0.271. The van der Waals surface area contributed by atoms with Gasteiger partial charge in [0.2, 0.25) is 11.7 Å². The monoisotopic (exact) mass is 297 g/mol. The molecule has 0 saturated carbocycles. The zero-order valence-corrected chi connectivity index (χ0v) is 12.3. The highest BCUT2D eigenvalue weighted by atomic mass is 35.5. The molecule has 0 aliphatic carbocycles. The third kappa shape index (κ3) is 2.71. The van der Waals surface area contributed by atoms with Crippen LogP contribution in [0.4, 0.5) is 0 Å². The highest BCUT2D eigenvalue weighted by Crippen LogP contribution is 2.38. The number of nitrogens with two attached hydrogens (primary N) is 1. The summed E-state index contributed by atoms with van der Waals surface area (Å²) in [6, 6.07) is 3.15. The largest absolute Gasteiger partial charge is 0.493 e. The van der Waals surface area contributed by atoms with E-state index in [0.717, 1.165) is 0 Å². The van der Waals surface area contributed by atoms with Gasteiger partial charge in [-0.2, -0.15) is 4.98 Å². The average Bonchev–Trinajstić information content (AvgIpc) is 2.95. The summed E-state index contributed by atoms with van der Waals surface area (Å²) in [5.41, 5.74) is 6.52. The van der Waals surface area contributed by atoms with Crippen molar-refractivity contribution >= 4 is 11.6 Å². The Kier molecular flexibility index (Phi) is 4.46. The molecule has 0 aliphatic heterocycles. The first-order chi connectivity index (χ1) is 9.60. The lowest BCUT2D eigenvalue weighted by molar-refractivity contribution is 0.352. The summed E-state index contributed by atoms with van der Waals surface area (Å²) in [5.74, 6) is 1.77. The van der Waals surface area contributed by atoms with Gasteiger partial charge in [-0.25, -0.2) is 0 Å². The van der Waals surface area contributed by atoms with E-state index in [-0.39, 0.29) is 6.04 Å². The van der Waals surface area contributed by atoms with Crippen molar-refractivity contribution in [3.8, 4) is 22.9 Å². The van der Waals surface area contributed by atoms with Gasteiger partial charge in [-0.05, 0) is 18.6 Å². The van der Waals surface area contributed by atoms with Crippen LogP contribution in [-0.2, 0) is 0 Å². The van der Waals surface area contributed by atoms with Crippen molar-refractivity contribution in [2.45, 2.75) is 19.4 Å². The molecule has 6 nitrogen and oxygen atoms in total. The van der Waals surface area contributed by atoms with Crippen LogP contribution in [0.2, 0.25) is 5.02 Å². The molecule has 2 rings (SSSR count). The van der Waals surface area contributed by atoms with Gasteiger partial charge in [0.25, 0.3) is 0 Å². The Morgan fingerprint density at radius 3 is 2.70 bits per heavy atom. The van der Waals surface area contributed by atoms with E-state index in [1.807, 2.05) is 6.92 Å². The molecule has 1 aromatic carbocycles. The van der Waals surface area contributed by atoms with Gasteiger partial charge in [0.15, 0.2) is 11.5 Å². The van der Waals surface area contributed by atoms with Gasteiger partial charge in [-0.1, -0.05) is 23.7 Å². The van der Waals surface area contributed by atoms with Gasteiger partial charge in [-0.3, -0.25) is 0 Å². The molecule has 0 bridgehead atoms. The summed E-state index contributed by atoms with van der Waals surface area (Å²) in [6.45, 7) is 1.95. The Morgan fingerprint density at radius 2 is 2.10 bits per heavy atom. The second kappa shape index (κ2) is 6.11.